The molecule has 5 N–H and O–H groups in total. The number of anilines is 1. The van der Waals surface area contributed by atoms with Crippen molar-refractivity contribution in [1.82, 2.24) is 0 Å². The van der Waals surface area contributed by atoms with Gasteiger partial charge in [0.2, 0.25) is 0 Å². The maximum absolute atomic E-state index is 10.9. The molecule has 8 nitrogen and oxygen atoms in total. The van der Waals surface area contributed by atoms with E-state index in [4.69, 9.17) is 20.5 Å². The van der Waals surface area contributed by atoms with E-state index in [2.05, 4.69) is 0 Å². The number of carbonyl (C=O) groups is 2. The molecule has 0 aliphatic rings. The zero-order chi connectivity index (χ0) is 14.1. The van der Waals surface area contributed by atoms with Gasteiger partial charge < -0.3 is 15.9 Å². The zero-order valence-corrected chi connectivity index (χ0v) is 9.64. The number of benzene rings is 1. The van der Waals surface area contributed by atoms with Crippen LogP contribution in [0, 0.1) is 0 Å². The van der Waals surface area contributed by atoms with Crippen molar-refractivity contribution >= 4 is 27.7 Å². The number of rotatable bonds is 4. The van der Waals surface area contributed by atoms with E-state index in [-0.39, 0.29) is 11.3 Å². The summed E-state index contributed by atoms with van der Waals surface area (Å²) in [7, 11) is -4.62. The summed E-state index contributed by atoms with van der Waals surface area (Å²) in [6, 6.07) is 1.46. The first-order chi connectivity index (χ1) is 8.12. The molecule has 0 heterocycles. The van der Waals surface area contributed by atoms with Crippen LogP contribution < -0.4 is 5.73 Å². The van der Waals surface area contributed by atoms with Gasteiger partial charge in [-0.2, -0.15) is 8.42 Å². The van der Waals surface area contributed by atoms with E-state index in [9.17, 15) is 18.0 Å². The van der Waals surface area contributed by atoms with Crippen LogP contribution in [0.25, 0.3) is 0 Å². The summed E-state index contributed by atoms with van der Waals surface area (Å²) in [6.07, 6.45) is -0.667. The third kappa shape index (κ3) is 2.96. The van der Waals surface area contributed by atoms with Crippen molar-refractivity contribution in [2.24, 2.45) is 0 Å². The van der Waals surface area contributed by atoms with E-state index in [0.717, 1.165) is 6.07 Å². The molecule has 0 radical (unpaired) electrons. The lowest BCUT2D eigenvalue weighted by atomic mass is 10.0. The Kier molecular flexibility index (Phi) is 3.58. The van der Waals surface area contributed by atoms with Gasteiger partial charge in [-0.05, 0) is 12.1 Å². The molecule has 9 heteroatoms. The molecule has 1 aromatic carbocycles. The summed E-state index contributed by atoms with van der Waals surface area (Å²) in [4.78, 5) is 20.8. The van der Waals surface area contributed by atoms with Crippen LogP contribution in [0.2, 0.25) is 0 Å². The van der Waals surface area contributed by atoms with E-state index >= 15 is 0 Å². The Morgan fingerprint density at radius 2 is 1.78 bits per heavy atom. The largest absolute Gasteiger partial charge is 0.481 e. The van der Waals surface area contributed by atoms with Gasteiger partial charge in [0.1, 0.15) is 0 Å². The third-order valence-electron chi connectivity index (χ3n) is 2.11. The molecular formula is C9H9NO7S. The van der Waals surface area contributed by atoms with Crippen molar-refractivity contribution in [3.63, 3.8) is 0 Å². The van der Waals surface area contributed by atoms with Crippen LogP contribution in [-0.4, -0.2) is 35.1 Å². The van der Waals surface area contributed by atoms with E-state index in [0.29, 0.717) is 6.07 Å². The topological polar surface area (TPSA) is 155 Å². The average Bonchev–Trinajstić information content (AvgIpc) is 2.17. The number of aliphatic carboxylic acids is 1. The molecule has 0 aliphatic heterocycles. The van der Waals surface area contributed by atoms with Crippen molar-refractivity contribution in [1.29, 1.82) is 0 Å². The van der Waals surface area contributed by atoms with Crippen molar-refractivity contribution in [3.8, 4) is 0 Å². The molecule has 0 spiro atoms. The Balaban J connectivity index is 3.55. The van der Waals surface area contributed by atoms with Crippen LogP contribution in [0.5, 0.6) is 0 Å². The summed E-state index contributed by atoms with van der Waals surface area (Å²) >= 11 is 0. The van der Waals surface area contributed by atoms with Gasteiger partial charge in [0.05, 0.1) is 16.9 Å². The van der Waals surface area contributed by atoms with Crippen molar-refractivity contribution in [2.45, 2.75) is 11.3 Å². The van der Waals surface area contributed by atoms with Crippen LogP contribution in [0.4, 0.5) is 5.69 Å². The third-order valence-corrected chi connectivity index (χ3v) is 2.95. The van der Waals surface area contributed by atoms with Crippen molar-refractivity contribution in [2.75, 3.05) is 5.73 Å². The maximum Gasteiger partial charge on any atom is 0.336 e. The molecule has 0 unspecified atom stereocenters. The highest BCUT2D eigenvalue weighted by Crippen LogP contribution is 2.23. The van der Waals surface area contributed by atoms with Gasteiger partial charge in [0.25, 0.3) is 10.1 Å². The number of carboxylic acid groups (broad SMARTS) is 2. The average molecular weight is 275 g/mol. The second-order valence-corrected chi connectivity index (χ2v) is 4.81. The van der Waals surface area contributed by atoms with E-state index in [1.807, 2.05) is 0 Å². The Hall–Kier alpha value is -2.13. The van der Waals surface area contributed by atoms with Crippen LogP contribution in [-0.2, 0) is 21.3 Å². The smallest absolute Gasteiger partial charge is 0.336 e. The fraction of sp³-hybridized carbons (Fsp3) is 0.111. The molecule has 0 atom stereocenters. The SMILES string of the molecule is Nc1cc(S(=O)(=O)O)cc(C(=O)O)c1CC(=O)O. The lowest BCUT2D eigenvalue weighted by Gasteiger charge is -2.09. The van der Waals surface area contributed by atoms with Crippen LogP contribution in [0.1, 0.15) is 15.9 Å². The van der Waals surface area contributed by atoms with Crippen molar-refractivity contribution in [3.05, 3.63) is 23.3 Å². The summed E-state index contributed by atoms with van der Waals surface area (Å²) in [6.45, 7) is 0. The highest BCUT2D eigenvalue weighted by Gasteiger charge is 2.21. The molecule has 0 amide bonds. The van der Waals surface area contributed by atoms with Gasteiger partial charge in [-0.15, -0.1) is 0 Å². The molecule has 0 aliphatic carbocycles. The summed E-state index contributed by atoms with van der Waals surface area (Å²) in [5, 5.41) is 17.5. The van der Waals surface area contributed by atoms with E-state index < -0.39 is 38.9 Å². The van der Waals surface area contributed by atoms with E-state index in [1.54, 1.807) is 0 Å². The van der Waals surface area contributed by atoms with Crippen LogP contribution in [0.15, 0.2) is 17.0 Å². The summed E-state index contributed by atoms with van der Waals surface area (Å²) in [5.41, 5.74) is 4.28. The predicted molar refractivity (Wildman–Crippen MR) is 59.0 cm³/mol. The number of hydrogen-bond acceptors (Lipinski definition) is 5. The summed E-state index contributed by atoms with van der Waals surface area (Å²) in [5.74, 6) is -2.85. The number of nitrogens with two attached hydrogens (primary N) is 1. The van der Waals surface area contributed by atoms with Crippen LogP contribution >= 0.6 is 0 Å². The van der Waals surface area contributed by atoms with Crippen molar-refractivity contribution < 1.29 is 32.8 Å². The van der Waals surface area contributed by atoms with Gasteiger partial charge in [0, 0.05) is 11.3 Å². The molecule has 1 aromatic rings. The minimum atomic E-state index is -4.62. The monoisotopic (exact) mass is 275 g/mol. The second kappa shape index (κ2) is 4.63. The molecule has 18 heavy (non-hydrogen) atoms. The lowest BCUT2D eigenvalue weighted by Crippen LogP contribution is -2.13. The molecule has 98 valence electrons. The highest BCUT2D eigenvalue weighted by atomic mass is 32.2. The number of aromatic carboxylic acids is 1. The Morgan fingerprint density at radius 3 is 2.17 bits per heavy atom. The van der Waals surface area contributed by atoms with Gasteiger partial charge in [-0.25, -0.2) is 4.79 Å². The molecule has 0 bridgehead atoms. The molecule has 0 saturated heterocycles. The molecule has 0 fully saturated rings. The lowest BCUT2D eigenvalue weighted by molar-refractivity contribution is -0.136. The van der Waals surface area contributed by atoms with Gasteiger partial charge >= 0.3 is 11.9 Å². The fourth-order valence-corrected chi connectivity index (χ4v) is 1.90. The minimum Gasteiger partial charge on any atom is -0.481 e. The molecule has 0 aromatic heterocycles. The zero-order valence-electron chi connectivity index (χ0n) is 8.82. The second-order valence-electron chi connectivity index (χ2n) is 3.39. The Labute approximate surface area is 101 Å². The number of hydrogen-bond donors (Lipinski definition) is 4. The number of nitrogen functional groups attached to an aromatic ring is 1. The molecule has 1 rings (SSSR count). The molecular weight excluding hydrogens is 266 g/mol. The first kappa shape index (κ1) is 13.9. The first-order valence-corrected chi connectivity index (χ1v) is 5.92. The van der Waals surface area contributed by atoms with Crippen LogP contribution in [0.3, 0.4) is 0 Å². The Bertz CT molecular complexity index is 620. The highest BCUT2D eigenvalue weighted by molar-refractivity contribution is 7.85. The summed E-state index contributed by atoms with van der Waals surface area (Å²) < 4.78 is 30.6. The quantitative estimate of drug-likeness (QED) is 0.436. The fourth-order valence-electron chi connectivity index (χ4n) is 1.36. The Morgan fingerprint density at radius 1 is 1.22 bits per heavy atom. The first-order valence-electron chi connectivity index (χ1n) is 4.48. The normalized spacial score (nSPS) is 11.2. The minimum absolute atomic E-state index is 0.220. The maximum atomic E-state index is 10.9. The predicted octanol–water partition coefficient (Wildman–Crippen LogP) is -0.159. The van der Waals surface area contributed by atoms with Gasteiger partial charge in [-0.3, -0.25) is 9.35 Å². The number of carboxylic acids is 2. The van der Waals surface area contributed by atoms with Gasteiger partial charge in [0.15, 0.2) is 0 Å². The molecule has 0 saturated carbocycles. The standard InChI is InChI=1S/C9H9NO7S/c10-7-2-4(18(15,16)17)1-6(9(13)14)5(7)3-8(11)12/h1-2H,3,10H2,(H,11,12)(H,13,14)(H,15,16,17). The van der Waals surface area contributed by atoms with E-state index in [1.165, 1.54) is 0 Å². The van der Waals surface area contributed by atoms with Gasteiger partial charge in [-0.1, -0.05) is 0 Å².